The van der Waals surface area contributed by atoms with Gasteiger partial charge in [0.05, 0.1) is 4.90 Å². The normalized spacial score (nSPS) is 12.1. The quantitative estimate of drug-likeness (QED) is 0.713. The van der Waals surface area contributed by atoms with Crippen molar-refractivity contribution in [1.29, 1.82) is 0 Å². The number of hydrogen-bond donors (Lipinski definition) is 0. The summed E-state index contributed by atoms with van der Waals surface area (Å²) in [6, 6.07) is 6.92. The van der Waals surface area contributed by atoms with Gasteiger partial charge in [-0.25, -0.2) is 8.42 Å². The first-order chi connectivity index (χ1) is 10.5. The lowest BCUT2D eigenvalue weighted by Gasteiger charge is -2.00. The Morgan fingerprint density at radius 1 is 1.18 bits per heavy atom. The molecular weight excluding hydrogens is 320 g/mol. The molecule has 6 nitrogen and oxygen atoms in total. The number of aromatic nitrogens is 4. The molecule has 0 radical (unpaired) electrons. The van der Waals surface area contributed by atoms with Crippen molar-refractivity contribution in [2.24, 2.45) is 0 Å². The Bertz CT molecular complexity index is 895. The third kappa shape index (κ3) is 3.02. The van der Waals surface area contributed by atoms with Crippen molar-refractivity contribution >= 4 is 26.1 Å². The van der Waals surface area contributed by atoms with Crippen LogP contribution in [0.4, 0.5) is 0 Å². The van der Waals surface area contributed by atoms with Gasteiger partial charge in [-0.15, -0.1) is 10.2 Å². The van der Waals surface area contributed by atoms with E-state index in [4.69, 9.17) is 0 Å². The molecule has 0 spiro atoms. The van der Waals surface area contributed by atoms with E-state index in [9.17, 15) is 8.42 Å². The topological polar surface area (TPSA) is 77.2 Å². The van der Waals surface area contributed by atoms with E-state index in [0.29, 0.717) is 11.3 Å². The van der Waals surface area contributed by atoms with Crippen molar-refractivity contribution in [3.05, 3.63) is 40.7 Å². The van der Waals surface area contributed by atoms with Crippen LogP contribution in [-0.4, -0.2) is 34.5 Å². The molecule has 0 aliphatic rings. The highest BCUT2D eigenvalue weighted by molar-refractivity contribution is 7.90. The highest BCUT2D eigenvalue weighted by Crippen LogP contribution is 2.19. The summed E-state index contributed by atoms with van der Waals surface area (Å²) in [6.45, 7) is 2.09. The number of benzene rings is 1. The fourth-order valence-corrected chi connectivity index (χ4v) is 3.69. The molecule has 2 aromatic heterocycles. The van der Waals surface area contributed by atoms with Crippen molar-refractivity contribution in [1.82, 2.24) is 19.8 Å². The standard InChI is InChI=1S/C14H16N4O2S2/c1-3-4-12-15-16-14-18(12)17-13(21-14)9-10-5-7-11(8-6-10)22(2,19)20/h5-8H,3-4,9H2,1-2H3. The summed E-state index contributed by atoms with van der Waals surface area (Å²) in [5.41, 5.74) is 1.02. The third-order valence-electron chi connectivity index (χ3n) is 3.28. The number of rotatable bonds is 5. The summed E-state index contributed by atoms with van der Waals surface area (Å²) in [7, 11) is -3.15. The Balaban J connectivity index is 1.83. The molecule has 0 atom stereocenters. The van der Waals surface area contributed by atoms with E-state index in [1.807, 2.05) is 12.1 Å². The van der Waals surface area contributed by atoms with Crippen LogP contribution in [0.5, 0.6) is 0 Å². The van der Waals surface area contributed by atoms with Crippen LogP contribution in [0.25, 0.3) is 4.96 Å². The number of sulfone groups is 1. The Labute approximate surface area is 132 Å². The Kier molecular flexibility index (Phi) is 3.96. The Hall–Kier alpha value is -1.80. The van der Waals surface area contributed by atoms with Crippen molar-refractivity contribution in [3.63, 3.8) is 0 Å². The minimum Gasteiger partial charge on any atom is -0.224 e. The summed E-state index contributed by atoms with van der Waals surface area (Å²) in [5, 5.41) is 13.8. The lowest BCUT2D eigenvalue weighted by molar-refractivity contribution is 0.602. The molecule has 0 unspecified atom stereocenters. The van der Waals surface area contributed by atoms with E-state index < -0.39 is 9.84 Å². The van der Waals surface area contributed by atoms with Crippen LogP contribution in [0, 0.1) is 0 Å². The second-order valence-electron chi connectivity index (χ2n) is 5.15. The lowest BCUT2D eigenvalue weighted by Crippen LogP contribution is -1.98. The van der Waals surface area contributed by atoms with Crippen LogP contribution in [0.3, 0.4) is 0 Å². The second kappa shape index (κ2) is 5.77. The van der Waals surface area contributed by atoms with E-state index in [1.165, 1.54) is 17.6 Å². The average molecular weight is 336 g/mol. The van der Waals surface area contributed by atoms with Gasteiger partial charge < -0.3 is 0 Å². The fourth-order valence-electron chi connectivity index (χ4n) is 2.18. The maximum Gasteiger partial charge on any atom is 0.234 e. The number of nitrogens with zero attached hydrogens (tertiary/aromatic N) is 4. The van der Waals surface area contributed by atoms with Crippen LogP contribution in [0.2, 0.25) is 0 Å². The molecule has 116 valence electrons. The predicted molar refractivity (Wildman–Crippen MR) is 85.0 cm³/mol. The third-order valence-corrected chi connectivity index (χ3v) is 5.30. The van der Waals surface area contributed by atoms with E-state index in [0.717, 1.165) is 34.2 Å². The molecule has 2 heterocycles. The summed E-state index contributed by atoms with van der Waals surface area (Å²) in [4.78, 5) is 1.13. The summed E-state index contributed by atoms with van der Waals surface area (Å²) in [6.07, 6.45) is 3.72. The molecule has 3 rings (SSSR count). The van der Waals surface area contributed by atoms with Crippen molar-refractivity contribution in [3.8, 4) is 0 Å². The molecule has 1 aromatic carbocycles. The SMILES string of the molecule is CCCc1nnc2sc(Cc3ccc(S(C)(=O)=O)cc3)nn12. The second-order valence-corrected chi connectivity index (χ2v) is 8.21. The highest BCUT2D eigenvalue weighted by atomic mass is 32.2. The molecule has 0 N–H and O–H groups in total. The van der Waals surface area contributed by atoms with E-state index in [-0.39, 0.29) is 0 Å². The summed E-state index contributed by atoms with van der Waals surface area (Å²) >= 11 is 1.51. The van der Waals surface area contributed by atoms with Crippen LogP contribution in [0.15, 0.2) is 29.2 Å². The van der Waals surface area contributed by atoms with Gasteiger partial charge in [-0.2, -0.15) is 9.61 Å². The van der Waals surface area contributed by atoms with E-state index >= 15 is 0 Å². The highest BCUT2D eigenvalue weighted by Gasteiger charge is 2.12. The van der Waals surface area contributed by atoms with E-state index in [1.54, 1.807) is 16.6 Å². The molecule has 22 heavy (non-hydrogen) atoms. The van der Waals surface area contributed by atoms with Crippen molar-refractivity contribution in [2.75, 3.05) is 6.26 Å². The molecule has 3 aromatic rings. The first kappa shape index (κ1) is 15.1. The average Bonchev–Trinajstić information content (AvgIpc) is 3.00. The molecule has 0 saturated carbocycles. The van der Waals surface area contributed by atoms with Crippen LogP contribution >= 0.6 is 11.3 Å². The van der Waals surface area contributed by atoms with Gasteiger partial charge in [0.1, 0.15) is 5.01 Å². The Morgan fingerprint density at radius 2 is 1.91 bits per heavy atom. The van der Waals surface area contributed by atoms with Gasteiger partial charge in [-0.1, -0.05) is 30.4 Å². The molecule has 0 aliphatic heterocycles. The van der Waals surface area contributed by atoms with Gasteiger partial charge in [-0.05, 0) is 24.1 Å². The molecule has 8 heteroatoms. The zero-order valence-corrected chi connectivity index (χ0v) is 14.0. The zero-order valence-electron chi connectivity index (χ0n) is 12.4. The van der Waals surface area contributed by atoms with Crippen molar-refractivity contribution in [2.45, 2.75) is 31.1 Å². The number of aryl methyl sites for hydroxylation is 1. The van der Waals surface area contributed by atoms with Gasteiger partial charge in [0.2, 0.25) is 4.96 Å². The van der Waals surface area contributed by atoms with Gasteiger partial charge in [0.25, 0.3) is 0 Å². The summed E-state index contributed by atoms with van der Waals surface area (Å²) < 4.78 is 24.7. The van der Waals surface area contributed by atoms with Crippen LogP contribution in [0.1, 0.15) is 29.7 Å². The lowest BCUT2D eigenvalue weighted by atomic mass is 10.2. The minimum absolute atomic E-state index is 0.333. The molecule has 0 amide bonds. The van der Waals surface area contributed by atoms with Crippen LogP contribution in [-0.2, 0) is 22.7 Å². The van der Waals surface area contributed by atoms with Crippen LogP contribution < -0.4 is 0 Å². The van der Waals surface area contributed by atoms with Crippen molar-refractivity contribution < 1.29 is 8.42 Å². The monoisotopic (exact) mass is 336 g/mol. The molecular formula is C14H16N4O2S2. The minimum atomic E-state index is -3.15. The first-order valence-corrected chi connectivity index (χ1v) is 9.67. The number of hydrogen-bond acceptors (Lipinski definition) is 6. The molecule has 0 fully saturated rings. The van der Waals surface area contributed by atoms with Gasteiger partial charge in [0, 0.05) is 19.1 Å². The maximum absolute atomic E-state index is 11.5. The summed E-state index contributed by atoms with van der Waals surface area (Å²) in [5.74, 6) is 0.882. The molecule has 0 aliphatic carbocycles. The van der Waals surface area contributed by atoms with Gasteiger partial charge in [-0.3, -0.25) is 0 Å². The number of fused-ring (bicyclic) bond motifs is 1. The first-order valence-electron chi connectivity index (χ1n) is 6.96. The predicted octanol–water partition coefficient (Wildman–Crippen LogP) is 2.13. The fraction of sp³-hybridized carbons (Fsp3) is 0.357. The van der Waals surface area contributed by atoms with Gasteiger partial charge in [0.15, 0.2) is 15.7 Å². The maximum atomic E-state index is 11.5. The smallest absolute Gasteiger partial charge is 0.224 e. The molecule has 0 bridgehead atoms. The zero-order chi connectivity index (χ0) is 15.7. The molecule has 0 saturated heterocycles. The van der Waals surface area contributed by atoms with Gasteiger partial charge >= 0.3 is 0 Å². The van der Waals surface area contributed by atoms with E-state index in [2.05, 4.69) is 22.2 Å². The largest absolute Gasteiger partial charge is 0.234 e. The Morgan fingerprint density at radius 3 is 2.55 bits per heavy atom.